The fourth-order valence-electron chi connectivity index (χ4n) is 1.72. The molecule has 0 aliphatic carbocycles. The van der Waals surface area contributed by atoms with E-state index in [0.717, 1.165) is 12.8 Å². The number of nitrogens with one attached hydrogen (secondary N) is 1. The van der Waals surface area contributed by atoms with Crippen molar-refractivity contribution in [2.24, 2.45) is 0 Å². The molecular weight excluding hydrogens is 220 g/mol. The van der Waals surface area contributed by atoms with E-state index in [9.17, 15) is 10.1 Å². The normalized spacial score (nSPS) is 12.1. The zero-order chi connectivity index (χ0) is 12.7. The van der Waals surface area contributed by atoms with E-state index in [1.807, 2.05) is 0 Å². The standard InChI is InChI=1S/C12H18N2O3/c1-3-6-10(9-17-2)13-11-7-4-5-8-12(11)14(15)16/h4-5,7-8,10,13H,3,6,9H2,1-2H3. The lowest BCUT2D eigenvalue weighted by Crippen LogP contribution is -2.25. The number of ether oxygens (including phenoxy) is 1. The summed E-state index contributed by atoms with van der Waals surface area (Å²) in [6.07, 6.45) is 1.92. The molecule has 94 valence electrons. The number of hydrogen-bond donors (Lipinski definition) is 1. The van der Waals surface area contributed by atoms with Crippen LogP contribution in [0.1, 0.15) is 19.8 Å². The lowest BCUT2D eigenvalue weighted by Gasteiger charge is -2.18. The molecule has 1 N–H and O–H groups in total. The number of anilines is 1. The molecule has 1 aromatic carbocycles. The van der Waals surface area contributed by atoms with Gasteiger partial charge in [-0.3, -0.25) is 10.1 Å². The van der Waals surface area contributed by atoms with E-state index in [1.54, 1.807) is 25.3 Å². The molecular formula is C12H18N2O3. The highest BCUT2D eigenvalue weighted by Crippen LogP contribution is 2.24. The minimum atomic E-state index is -0.377. The van der Waals surface area contributed by atoms with Crippen LogP contribution in [0.15, 0.2) is 24.3 Å². The third-order valence-corrected chi connectivity index (χ3v) is 2.47. The Hall–Kier alpha value is -1.62. The highest BCUT2D eigenvalue weighted by molar-refractivity contribution is 5.61. The number of nitrogens with zero attached hydrogens (tertiary/aromatic N) is 1. The molecule has 0 fully saturated rings. The summed E-state index contributed by atoms with van der Waals surface area (Å²) >= 11 is 0. The SMILES string of the molecule is CCCC(COC)Nc1ccccc1[N+](=O)[O-]. The molecule has 0 saturated heterocycles. The van der Waals surface area contributed by atoms with Crippen LogP contribution in [-0.4, -0.2) is 24.7 Å². The first kappa shape index (κ1) is 13.4. The third kappa shape index (κ3) is 4.03. The van der Waals surface area contributed by atoms with Crippen molar-refractivity contribution in [1.29, 1.82) is 0 Å². The first-order valence-electron chi connectivity index (χ1n) is 5.68. The lowest BCUT2D eigenvalue weighted by atomic mass is 10.1. The molecule has 0 heterocycles. The molecule has 0 amide bonds. The van der Waals surface area contributed by atoms with Crippen LogP contribution in [0, 0.1) is 10.1 Å². The van der Waals surface area contributed by atoms with Crippen molar-refractivity contribution in [2.45, 2.75) is 25.8 Å². The van der Waals surface area contributed by atoms with Gasteiger partial charge in [0, 0.05) is 19.2 Å². The number of benzene rings is 1. The Labute approximate surface area is 101 Å². The van der Waals surface area contributed by atoms with Gasteiger partial charge >= 0.3 is 0 Å². The third-order valence-electron chi connectivity index (χ3n) is 2.47. The molecule has 5 nitrogen and oxygen atoms in total. The second kappa shape index (κ2) is 6.85. The van der Waals surface area contributed by atoms with Crippen molar-refractivity contribution in [3.63, 3.8) is 0 Å². The van der Waals surface area contributed by atoms with E-state index in [1.165, 1.54) is 6.07 Å². The van der Waals surface area contributed by atoms with Gasteiger partial charge < -0.3 is 10.1 Å². The summed E-state index contributed by atoms with van der Waals surface area (Å²) < 4.78 is 5.10. The minimum absolute atomic E-state index is 0.102. The van der Waals surface area contributed by atoms with Crippen LogP contribution < -0.4 is 5.32 Å². The molecule has 1 unspecified atom stereocenters. The second-order valence-electron chi connectivity index (χ2n) is 3.86. The number of nitro groups is 1. The van der Waals surface area contributed by atoms with Gasteiger partial charge in [-0.2, -0.15) is 0 Å². The number of methoxy groups -OCH3 is 1. The van der Waals surface area contributed by atoms with Gasteiger partial charge in [-0.05, 0) is 12.5 Å². The molecule has 0 bridgehead atoms. The average Bonchev–Trinajstić information content (AvgIpc) is 2.30. The Balaban J connectivity index is 2.80. The monoisotopic (exact) mass is 238 g/mol. The molecule has 1 rings (SSSR count). The average molecular weight is 238 g/mol. The van der Waals surface area contributed by atoms with Gasteiger partial charge in [0.05, 0.1) is 11.5 Å². The van der Waals surface area contributed by atoms with Crippen LogP contribution in [0.4, 0.5) is 11.4 Å². The molecule has 0 aromatic heterocycles. The summed E-state index contributed by atoms with van der Waals surface area (Å²) in [5, 5.41) is 14.0. The van der Waals surface area contributed by atoms with Gasteiger partial charge in [0.2, 0.25) is 0 Å². The second-order valence-corrected chi connectivity index (χ2v) is 3.86. The van der Waals surface area contributed by atoms with Crippen molar-refractivity contribution in [3.8, 4) is 0 Å². The van der Waals surface area contributed by atoms with Gasteiger partial charge in [0.25, 0.3) is 5.69 Å². The Kier molecular flexibility index (Phi) is 5.42. The largest absolute Gasteiger partial charge is 0.383 e. The predicted octanol–water partition coefficient (Wildman–Crippen LogP) is 2.82. The molecule has 17 heavy (non-hydrogen) atoms. The van der Waals surface area contributed by atoms with Crippen LogP contribution in [0.3, 0.4) is 0 Å². The number of rotatable bonds is 7. The zero-order valence-corrected chi connectivity index (χ0v) is 10.2. The van der Waals surface area contributed by atoms with E-state index in [4.69, 9.17) is 4.74 Å². The van der Waals surface area contributed by atoms with Crippen molar-refractivity contribution < 1.29 is 9.66 Å². The summed E-state index contributed by atoms with van der Waals surface area (Å²) in [7, 11) is 1.63. The van der Waals surface area contributed by atoms with Gasteiger partial charge in [-0.1, -0.05) is 25.5 Å². The maximum atomic E-state index is 10.9. The molecule has 0 saturated carbocycles. The van der Waals surface area contributed by atoms with Crippen LogP contribution in [0.25, 0.3) is 0 Å². The maximum absolute atomic E-state index is 10.9. The van der Waals surface area contributed by atoms with E-state index in [2.05, 4.69) is 12.2 Å². The van der Waals surface area contributed by atoms with Crippen molar-refractivity contribution in [1.82, 2.24) is 0 Å². The quantitative estimate of drug-likeness (QED) is 0.586. The van der Waals surface area contributed by atoms with Gasteiger partial charge in [-0.15, -0.1) is 0 Å². The zero-order valence-electron chi connectivity index (χ0n) is 10.2. The lowest BCUT2D eigenvalue weighted by molar-refractivity contribution is -0.384. The van der Waals surface area contributed by atoms with Crippen molar-refractivity contribution in [2.75, 3.05) is 19.0 Å². The summed E-state index contributed by atoms with van der Waals surface area (Å²) in [6.45, 7) is 2.61. The molecule has 1 atom stereocenters. The smallest absolute Gasteiger partial charge is 0.292 e. The Bertz CT molecular complexity index is 363. The van der Waals surface area contributed by atoms with Gasteiger partial charge in [0.15, 0.2) is 0 Å². The highest BCUT2D eigenvalue weighted by atomic mass is 16.6. The molecule has 0 spiro atoms. The van der Waals surface area contributed by atoms with E-state index < -0.39 is 0 Å². The van der Waals surface area contributed by atoms with Crippen molar-refractivity contribution >= 4 is 11.4 Å². The van der Waals surface area contributed by atoms with Crippen LogP contribution in [0.5, 0.6) is 0 Å². The number of para-hydroxylation sites is 2. The summed E-state index contributed by atoms with van der Waals surface area (Å²) in [5.74, 6) is 0. The molecule has 1 aromatic rings. The fourth-order valence-corrected chi connectivity index (χ4v) is 1.72. The van der Waals surface area contributed by atoms with Gasteiger partial charge in [0.1, 0.15) is 5.69 Å². The van der Waals surface area contributed by atoms with Crippen LogP contribution in [0.2, 0.25) is 0 Å². The Morgan fingerprint density at radius 1 is 1.47 bits per heavy atom. The van der Waals surface area contributed by atoms with Crippen LogP contribution in [-0.2, 0) is 4.74 Å². The van der Waals surface area contributed by atoms with Crippen molar-refractivity contribution in [3.05, 3.63) is 34.4 Å². The highest BCUT2D eigenvalue weighted by Gasteiger charge is 2.15. The molecule has 0 aliphatic rings. The summed E-state index contributed by atoms with van der Waals surface area (Å²) in [6, 6.07) is 6.76. The predicted molar refractivity (Wildman–Crippen MR) is 67.3 cm³/mol. The topological polar surface area (TPSA) is 64.4 Å². The molecule has 0 aliphatic heterocycles. The number of hydrogen-bond acceptors (Lipinski definition) is 4. The fraction of sp³-hybridized carbons (Fsp3) is 0.500. The van der Waals surface area contributed by atoms with Crippen LogP contribution >= 0.6 is 0 Å². The minimum Gasteiger partial charge on any atom is -0.383 e. The first-order valence-corrected chi connectivity index (χ1v) is 5.68. The Morgan fingerprint density at radius 3 is 2.76 bits per heavy atom. The number of nitro benzene ring substituents is 1. The Morgan fingerprint density at radius 2 is 2.18 bits per heavy atom. The summed E-state index contributed by atoms with van der Waals surface area (Å²) in [4.78, 5) is 10.5. The molecule has 0 radical (unpaired) electrons. The van der Waals surface area contributed by atoms with E-state index in [-0.39, 0.29) is 16.7 Å². The van der Waals surface area contributed by atoms with E-state index >= 15 is 0 Å². The summed E-state index contributed by atoms with van der Waals surface area (Å²) in [5.41, 5.74) is 0.651. The first-order chi connectivity index (χ1) is 8.19. The van der Waals surface area contributed by atoms with Gasteiger partial charge in [-0.25, -0.2) is 0 Å². The van der Waals surface area contributed by atoms with E-state index in [0.29, 0.717) is 12.3 Å². The maximum Gasteiger partial charge on any atom is 0.292 e. The molecule has 5 heteroatoms.